The summed E-state index contributed by atoms with van der Waals surface area (Å²) in [6, 6.07) is 2.55. The Balaban J connectivity index is 2.07. The van der Waals surface area contributed by atoms with Crippen molar-refractivity contribution in [3.63, 3.8) is 0 Å². The van der Waals surface area contributed by atoms with Gasteiger partial charge >= 0.3 is 0 Å². The van der Waals surface area contributed by atoms with Crippen LogP contribution in [-0.4, -0.2) is 35.9 Å². The fraction of sp³-hybridized carbons (Fsp3) is 0.364. The minimum Gasteiger partial charge on any atom is -0.305 e. The molecule has 1 unspecified atom stereocenters. The highest BCUT2D eigenvalue weighted by Gasteiger charge is 2.28. The van der Waals surface area contributed by atoms with E-state index >= 15 is 0 Å². The summed E-state index contributed by atoms with van der Waals surface area (Å²) >= 11 is 0. The molecule has 18 heavy (non-hydrogen) atoms. The molecule has 0 saturated carbocycles. The first-order chi connectivity index (χ1) is 8.57. The molecule has 1 aliphatic heterocycles. The molecule has 1 N–H and O–H groups in total. The van der Waals surface area contributed by atoms with E-state index in [4.69, 9.17) is 0 Å². The summed E-state index contributed by atoms with van der Waals surface area (Å²) in [4.78, 5) is 4.14. The summed E-state index contributed by atoms with van der Waals surface area (Å²) < 4.78 is 38.3. The number of aromatic nitrogens is 2. The van der Waals surface area contributed by atoms with Crippen molar-refractivity contribution in [1.82, 2.24) is 14.7 Å². The zero-order valence-electron chi connectivity index (χ0n) is 9.51. The summed E-state index contributed by atoms with van der Waals surface area (Å²) in [6.07, 6.45) is 3.11. The summed E-state index contributed by atoms with van der Waals surface area (Å²) in [6.45, 7) is 0.400. The number of nitrogens with zero attached hydrogens (tertiary/aromatic N) is 2. The molecule has 2 aromatic rings. The van der Waals surface area contributed by atoms with Crippen LogP contribution in [0.25, 0.3) is 5.52 Å². The van der Waals surface area contributed by atoms with Crippen molar-refractivity contribution < 1.29 is 12.8 Å². The Bertz CT molecular complexity index is 695. The van der Waals surface area contributed by atoms with Crippen LogP contribution in [0.3, 0.4) is 0 Å². The first-order valence-electron chi connectivity index (χ1n) is 5.62. The second-order valence-electron chi connectivity index (χ2n) is 4.35. The van der Waals surface area contributed by atoms with Crippen LogP contribution in [0.2, 0.25) is 0 Å². The van der Waals surface area contributed by atoms with Crippen molar-refractivity contribution in [3.05, 3.63) is 36.2 Å². The summed E-state index contributed by atoms with van der Waals surface area (Å²) in [7, 11) is -3.05. The minimum absolute atomic E-state index is 0.00261. The molecule has 0 aliphatic carbocycles. The van der Waals surface area contributed by atoms with Crippen molar-refractivity contribution in [3.8, 4) is 0 Å². The third-order valence-electron chi connectivity index (χ3n) is 3.08. The van der Waals surface area contributed by atoms with E-state index in [1.54, 1.807) is 16.7 Å². The molecule has 1 fully saturated rings. The van der Waals surface area contributed by atoms with Gasteiger partial charge in [-0.3, -0.25) is 4.40 Å². The number of rotatable bonds is 1. The molecule has 0 amide bonds. The molecular weight excluding hydrogens is 257 g/mol. The SMILES string of the molecule is O=S1(=O)CCNC(c2ncc3c(F)cccn23)C1. The zero-order chi connectivity index (χ0) is 12.8. The van der Waals surface area contributed by atoms with Gasteiger partial charge < -0.3 is 5.32 Å². The first kappa shape index (κ1) is 11.6. The van der Waals surface area contributed by atoms with E-state index in [2.05, 4.69) is 10.3 Å². The van der Waals surface area contributed by atoms with E-state index < -0.39 is 9.84 Å². The molecule has 3 rings (SSSR count). The molecule has 1 saturated heterocycles. The molecule has 0 radical (unpaired) electrons. The largest absolute Gasteiger partial charge is 0.305 e. The summed E-state index contributed by atoms with van der Waals surface area (Å²) in [5.74, 6) is 0.312. The lowest BCUT2D eigenvalue weighted by Gasteiger charge is -2.22. The zero-order valence-corrected chi connectivity index (χ0v) is 10.3. The van der Waals surface area contributed by atoms with E-state index in [-0.39, 0.29) is 23.4 Å². The molecule has 1 atom stereocenters. The van der Waals surface area contributed by atoms with Crippen LogP contribution in [0.4, 0.5) is 4.39 Å². The van der Waals surface area contributed by atoms with E-state index in [1.807, 2.05) is 0 Å². The quantitative estimate of drug-likeness (QED) is 0.820. The van der Waals surface area contributed by atoms with E-state index in [9.17, 15) is 12.8 Å². The number of hydrogen-bond donors (Lipinski definition) is 1. The van der Waals surface area contributed by atoms with E-state index in [0.717, 1.165) is 0 Å². The van der Waals surface area contributed by atoms with Crippen molar-refractivity contribution in [2.75, 3.05) is 18.1 Å². The van der Waals surface area contributed by atoms with Gasteiger partial charge in [0.25, 0.3) is 0 Å². The lowest BCUT2D eigenvalue weighted by Crippen LogP contribution is -2.40. The molecule has 5 nitrogen and oxygen atoms in total. The van der Waals surface area contributed by atoms with Gasteiger partial charge in [0.15, 0.2) is 9.84 Å². The Kier molecular flexibility index (Phi) is 2.60. The monoisotopic (exact) mass is 269 g/mol. The van der Waals surface area contributed by atoms with Crippen LogP contribution in [0.5, 0.6) is 0 Å². The highest BCUT2D eigenvalue weighted by Crippen LogP contribution is 2.20. The highest BCUT2D eigenvalue weighted by molar-refractivity contribution is 7.91. The van der Waals surface area contributed by atoms with Crippen LogP contribution < -0.4 is 5.32 Å². The summed E-state index contributed by atoms with van der Waals surface area (Å²) in [5, 5.41) is 3.10. The standard InChI is InChI=1S/C11H12FN3O2S/c12-8-2-1-4-15-10(8)6-14-11(15)9-7-18(16,17)5-3-13-9/h1-2,4,6,9,13H,3,5,7H2. The van der Waals surface area contributed by atoms with E-state index in [1.165, 1.54) is 12.3 Å². The second-order valence-corrected chi connectivity index (χ2v) is 6.58. The van der Waals surface area contributed by atoms with E-state index in [0.29, 0.717) is 17.9 Å². The normalized spacial score (nSPS) is 23.3. The molecule has 96 valence electrons. The van der Waals surface area contributed by atoms with Crippen LogP contribution in [0, 0.1) is 5.82 Å². The Labute approximate surface area is 104 Å². The fourth-order valence-electron chi connectivity index (χ4n) is 2.22. The smallest absolute Gasteiger partial charge is 0.153 e. The predicted molar refractivity (Wildman–Crippen MR) is 64.5 cm³/mol. The number of imidazole rings is 1. The number of halogens is 1. The van der Waals surface area contributed by atoms with Gasteiger partial charge in [0.1, 0.15) is 17.2 Å². The molecule has 3 heterocycles. The number of fused-ring (bicyclic) bond motifs is 1. The van der Waals surface area contributed by atoms with Gasteiger partial charge in [0.05, 0.1) is 23.7 Å². The fourth-order valence-corrected chi connectivity index (χ4v) is 3.59. The van der Waals surface area contributed by atoms with Crippen LogP contribution in [-0.2, 0) is 9.84 Å². The lowest BCUT2D eigenvalue weighted by atomic mass is 10.3. The minimum atomic E-state index is -3.05. The van der Waals surface area contributed by atoms with Gasteiger partial charge in [0.2, 0.25) is 0 Å². The van der Waals surface area contributed by atoms with Crippen LogP contribution >= 0.6 is 0 Å². The molecule has 1 aliphatic rings. The second kappa shape index (κ2) is 4.03. The Morgan fingerprint density at radius 2 is 2.33 bits per heavy atom. The molecular formula is C11H12FN3O2S. The third kappa shape index (κ3) is 1.89. The average molecular weight is 269 g/mol. The van der Waals surface area contributed by atoms with Gasteiger partial charge in [0, 0.05) is 12.7 Å². The molecule has 2 aromatic heterocycles. The number of hydrogen-bond acceptors (Lipinski definition) is 4. The number of pyridine rings is 1. The summed E-state index contributed by atoms with van der Waals surface area (Å²) in [5.41, 5.74) is 0.359. The Morgan fingerprint density at radius 3 is 3.11 bits per heavy atom. The molecule has 0 aromatic carbocycles. The maximum absolute atomic E-state index is 13.5. The van der Waals surface area contributed by atoms with Crippen molar-refractivity contribution in [2.45, 2.75) is 6.04 Å². The van der Waals surface area contributed by atoms with Gasteiger partial charge in [-0.15, -0.1) is 0 Å². The van der Waals surface area contributed by atoms with Gasteiger partial charge in [-0.2, -0.15) is 0 Å². The molecule has 0 spiro atoms. The van der Waals surface area contributed by atoms with Crippen LogP contribution in [0.1, 0.15) is 11.9 Å². The molecule has 7 heteroatoms. The Hall–Kier alpha value is -1.47. The van der Waals surface area contributed by atoms with Crippen molar-refractivity contribution in [1.29, 1.82) is 0 Å². The topological polar surface area (TPSA) is 63.5 Å². The predicted octanol–water partition coefficient (Wildman–Crippen LogP) is 0.532. The van der Waals surface area contributed by atoms with Crippen LogP contribution in [0.15, 0.2) is 24.5 Å². The average Bonchev–Trinajstić information content (AvgIpc) is 2.73. The van der Waals surface area contributed by atoms with Gasteiger partial charge in [-0.25, -0.2) is 17.8 Å². The molecule has 0 bridgehead atoms. The highest BCUT2D eigenvalue weighted by atomic mass is 32.2. The van der Waals surface area contributed by atoms with Crippen molar-refractivity contribution >= 4 is 15.4 Å². The number of sulfone groups is 1. The maximum Gasteiger partial charge on any atom is 0.153 e. The van der Waals surface area contributed by atoms with Crippen molar-refractivity contribution in [2.24, 2.45) is 0 Å². The maximum atomic E-state index is 13.5. The Morgan fingerprint density at radius 1 is 1.50 bits per heavy atom. The van der Waals surface area contributed by atoms with Gasteiger partial charge in [-0.1, -0.05) is 0 Å². The number of nitrogens with one attached hydrogen (secondary N) is 1. The van der Waals surface area contributed by atoms with Gasteiger partial charge in [-0.05, 0) is 12.1 Å². The first-order valence-corrected chi connectivity index (χ1v) is 7.44. The lowest BCUT2D eigenvalue weighted by molar-refractivity contribution is 0.513. The third-order valence-corrected chi connectivity index (χ3v) is 4.75.